The normalized spacial score (nSPS) is 22.4. The van der Waals surface area contributed by atoms with Crippen molar-refractivity contribution >= 4 is 66.0 Å². The fourth-order valence-corrected chi connectivity index (χ4v) is 23.7. The highest BCUT2D eigenvalue weighted by molar-refractivity contribution is 9.19. The van der Waals surface area contributed by atoms with Crippen molar-refractivity contribution in [1.29, 1.82) is 0 Å². The van der Waals surface area contributed by atoms with Crippen molar-refractivity contribution in [2.75, 3.05) is 0 Å². The van der Waals surface area contributed by atoms with Crippen molar-refractivity contribution in [2.45, 2.75) is 0 Å². The molecule has 0 saturated carbocycles. The molecule has 2 aliphatic heterocycles. The van der Waals surface area contributed by atoms with Crippen LogP contribution in [0.4, 0.5) is 0 Å². The molecule has 2 atom stereocenters. The highest BCUT2D eigenvalue weighted by Gasteiger charge is 2.38. The zero-order valence-corrected chi connectivity index (χ0v) is 21.6. The molecule has 0 aromatic heterocycles. The Balaban J connectivity index is 1.40. The lowest BCUT2D eigenvalue weighted by molar-refractivity contribution is 0.631. The minimum absolute atomic E-state index is 0.842. The van der Waals surface area contributed by atoms with E-state index in [1.165, 1.54) is 0 Å². The zero-order chi connectivity index (χ0) is 21.8. The average molecular weight is 527 g/mol. The maximum atomic E-state index is 6.52. The predicted molar refractivity (Wildman–Crippen MR) is 148 cm³/mol. The Morgan fingerprint density at radius 2 is 0.812 bits per heavy atom. The molecule has 0 saturated heterocycles. The van der Waals surface area contributed by atoms with E-state index in [-0.39, 0.29) is 0 Å². The third-order valence-corrected chi connectivity index (χ3v) is 22.6. The van der Waals surface area contributed by atoms with Crippen molar-refractivity contribution in [3.63, 3.8) is 0 Å². The number of benzene rings is 4. The van der Waals surface area contributed by atoms with E-state index >= 15 is 0 Å². The lowest BCUT2D eigenvalue weighted by Gasteiger charge is -2.34. The van der Waals surface area contributed by atoms with Gasteiger partial charge in [0, 0.05) is 21.7 Å². The number of hydrogen-bond donors (Lipinski definition) is 0. The van der Waals surface area contributed by atoms with Gasteiger partial charge in [-0.2, -0.15) is 0 Å². The molecular weight excluding hydrogens is 510 g/mol. The largest absolute Gasteiger partial charge is 0.452 e. The molecule has 0 fully saturated rings. The topological polar surface area (TPSA) is 18.5 Å². The number of fused-ring (bicyclic) bond motifs is 6. The van der Waals surface area contributed by atoms with Crippen molar-refractivity contribution in [3.8, 4) is 33.8 Å². The maximum absolute atomic E-state index is 6.52. The van der Waals surface area contributed by atoms with Crippen molar-refractivity contribution < 1.29 is 9.05 Å². The van der Waals surface area contributed by atoms with Crippen LogP contribution in [0, 0.1) is 0 Å². The first-order valence-corrected chi connectivity index (χ1v) is 18.7. The fourth-order valence-electron chi connectivity index (χ4n) is 3.97. The predicted octanol–water partition coefficient (Wildman–Crippen LogP) is 7.76. The number of rotatable bonds is 3. The van der Waals surface area contributed by atoms with Crippen LogP contribution >= 0.6 is 31.8 Å². The van der Waals surface area contributed by atoms with Crippen LogP contribution < -0.4 is 19.7 Å². The molecule has 4 aromatic rings. The van der Waals surface area contributed by atoms with Crippen molar-refractivity contribution in [1.82, 2.24) is 0 Å². The first-order chi connectivity index (χ1) is 15.6. The lowest BCUT2D eigenvalue weighted by atomic mass is 10.0. The molecule has 32 heavy (non-hydrogen) atoms. The summed E-state index contributed by atoms with van der Waals surface area (Å²) in [6, 6.07) is 32.8. The minimum Gasteiger partial charge on any atom is -0.452 e. The molecule has 158 valence electrons. The van der Waals surface area contributed by atoms with Gasteiger partial charge in [-0.15, -0.1) is 0 Å². The van der Waals surface area contributed by atoms with E-state index in [4.69, 9.17) is 32.7 Å². The van der Waals surface area contributed by atoms with Gasteiger partial charge in [0.25, 0.3) is 0 Å². The highest BCUT2D eigenvalue weighted by atomic mass is 33.5. The summed E-state index contributed by atoms with van der Waals surface area (Å²) in [4.78, 5) is 0. The SMILES string of the molecule is S=P1(SSP2(=S)Oc3ccccc3-c3ccccc32)Oc2ccccc2-c2ccccc21. The summed E-state index contributed by atoms with van der Waals surface area (Å²) in [7, 11) is 3.18. The molecule has 2 aliphatic rings. The van der Waals surface area contributed by atoms with E-state index in [0.717, 1.165) is 44.4 Å². The Labute approximate surface area is 204 Å². The van der Waals surface area contributed by atoms with Gasteiger partial charge in [0.2, 0.25) is 10.9 Å². The molecule has 0 N–H and O–H groups in total. The third kappa shape index (κ3) is 3.40. The van der Waals surface area contributed by atoms with Crippen LogP contribution in [-0.4, -0.2) is 0 Å². The molecule has 0 spiro atoms. The summed E-state index contributed by atoms with van der Waals surface area (Å²) in [5.41, 5.74) is -0.417. The monoisotopic (exact) mass is 526 g/mol. The molecule has 8 heteroatoms. The molecule has 4 aromatic carbocycles. The Kier molecular flexibility index (Phi) is 5.30. The van der Waals surface area contributed by atoms with Gasteiger partial charge in [0.1, 0.15) is 11.5 Å². The van der Waals surface area contributed by atoms with Gasteiger partial charge >= 0.3 is 0 Å². The van der Waals surface area contributed by atoms with E-state index in [2.05, 4.69) is 48.5 Å². The van der Waals surface area contributed by atoms with E-state index in [1.807, 2.05) is 48.5 Å². The Morgan fingerprint density at radius 1 is 0.469 bits per heavy atom. The first kappa shape index (κ1) is 21.0. The lowest BCUT2D eigenvalue weighted by Crippen LogP contribution is -2.16. The van der Waals surface area contributed by atoms with Crippen molar-refractivity contribution in [2.24, 2.45) is 0 Å². The second-order valence-electron chi connectivity index (χ2n) is 7.35. The second-order valence-corrected chi connectivity index (χ2v) is 22.1. The Hall–Kier alpha value is -1.52. The summed E-state index contributed by atoms with van der Waals surface area (Å²) in [6.45, 7) is 0. The van der Waals surface area contributed by atoms with Gasteiger partial charge in [0.15, 0.2) is 0 Å². The van der Waals surface area contributed by atoms with Crippen molar-refractivity contribution in [3.05, 3.63) is 97.1 Å². The quantitative estimate of drug-likeness (QED) is 0.199. The van der Waals surface area contributed by atoms with Crippen LogP contribution in [0.5, 0.6) is 11.5 Å². The van der Waals surface area contributed by atoms with Gasteiger partial charge in [-0.25, -0.2) is 0 Å². The van der Waals surface area contributed by atoms with E-state index < -0.39 is 10.9 Å². The van der Waals surface area contributed by atoms with Gasteiger partial charge < -0.3 is 9.05 Å². The smallest absolute Gasteiger partial charge is 0.207 e. The van der Waals surface area contributed by atoms with Crippen LogP contribution in [0.3, 0.4) is 0 Å². The second kappa shape index (κ2) is 8.06. The molecule has 2 nitrogen and oxygen atoms in total. The summed E-state index contributed by atoms with van der Waals surface area (Å²) < 4.78 is 13.0. The number of para-hydroxylation sites is 2. The highest BCUT2D eigenvalue weighted by Crippen LogP contribution is 2.77. The van der Waals surface area contributed by atoms with Crippen LogP contribution in [0.1, 0.15) is 0 Å². The molecule has 2 heterocycles. The first-order valence-electron chi connectivity index (χ1n) is 9.93. The molecule has 0 radical (unpaired) electrons. The Morgan fingerprint density at radius 3 is 1.25 bits per heavy atom. The van der Waals surface area contributed by atoms with E-state index in [1.54, 1.807) is 20.8 Å². The third-order valence-electron chi connectivity index (χ3n) is 5.42. The molecule has 0 amide bonds. The summed E-state index contributed by atoms with van der Waals surface area (Å²) >= 11 is 12.5. The van der Waals surface area contributed by atoms with Gasteiger partial charge in [-0.05, 0) is 79.8 Å². The van der Waals surface area contributed by atoms with E-state index in [0.29, 0.717) is 0 Å². The summed E-state index contributed by atoms with van der Waals surface area (Å²) in [6.07, 6.45) is 0. The zero-order valence-electron chi connectivity index (χ0n) is 16.6. The average Bonchev–Trinajstić information content (AvgIpc) is 2.84. The van der Waals surface area contributed by atoms with Crippen LogP contribution in [0.25, 0.3) is 22.3 Å². The van der Waals surface area contributed by atoms with Crippen LogP contribution in [0.15, 0.2) is 97.1 Å². The fraction of sp³-hybridized carbons (Fsp3) is 0. The van der Waals surface area contributed by atoms with Gasteiger partial charge in [0.05, 0.1) is 0 Å². The standard InChI is InChI=1S/C24H16O2P2S4/c29-27(23-15-7-3-11-19(23)17-9-1-5-13-21(17)25-27)31-32-28(30)24-16-8-4-12-20(24)18-10-2-6-14-22(18)26-28/h1-16H. The van der Waals surface area contributed by atoms with E-state index in [9.17, 15) is 0 Å². The Bertz CT molecular complexity index is 1360. The summed E-state index contributed by atoms with van der Waals surface area (Å²) in [5, 5.41) is 2.16. The maximum Gasteiger partial charge on any atom is 0.207 e. The van der Waals surface area contributed by atoms with Gasteiger partial charge in [-0.1, -0.05) is 72.8 Å². The number of hydrogen-bond acceptors (Lipinski definition) is 6. The van der Waals surface area contributed by atoms with Crippen LogP contribution in [-0.2, 0) is 23.6 Å². The molecule has 6 rings (SSSR count). The van der Waals surface area contributed by atoms with Gasteiger partial charge in [-0.3, -0.25) is 0 Å². The van der Waals surface area contributed by atoms with Crippen LogP contribution in [0.2, 0.25) is 0 Å². The summed E-state index contributed by atoms with van der Waals surface area (Å²) in [5.74, 6) is 1.68. The molecule has 0 aliphatic carbocycles. The molecular formula is C24H16O2P2S4. The molecule has 0 bridgehead atoms. The minimum atomic E-state index is -2.45. The molecule has 2 unspecified atom stereocenters.